The normalized spacial score (nSPS) is 14.7. The Labute approximate surface area is 146 Å². The monoisotopic (exact) mass is 344 g/mol. The molecule has 0 aliphatic carbocycles. The number of aromatic nitrogens is 1. The highest BCUT2D eigenvalue weighted by Crippen LogP contribution is 2.15. The van der Waals surface area contributed by atoms with E-state index in [2.05, 4.69) is 11.2 Å². The summed E-state index contributed by atoms with van der Waals surface area (Å²) in [6.07, 6.45) is 3.68. The van der Waals surface area contributed by atoms with Crippen LogP contribution in [0.2, 0.25) is 0 Å². The second-order valence-corrected chi connectivity index (χ2v) is 6.68. The quantitative estimate of drug-likeness (QED) is 0.681. The van der Waals surface area contributed by atoms with Gasteiger partial charge in [0.1, 0.15) is 19.3 Å². The summed E-state index contributed by atoms with van der Waals surface area (Å²) in [5, 5.41) is 9.88. The molecule has 1 saturated heterocycles. The lowest BCUT2D eigenvalue weighted by atomic mass is 10.1. The Morgan fingerprint density at radius 3 is 2.46 bits per heavy atom. The van der Waals surface area contributed by atoms with Crippen LogP contribution in [0.15, 0.2) is 48.7 Å². The van der Waals surface area contributed by atoms with Gasteiger partial charge in [-0.1, -0.05) is 22.9 Å². The number of benzene rings is 1. The van der Waals surface area contributed by atoms with Crippen LogP contribution in [0, 0.1) is 0 Å². The van der Waals surface area contributed by atoms with Crippen molar-refractivity contribution < 1.29 is 14.7 Å². The molecule has 0 radical (unpaired) electrons. The molecule has 1 aromatic heterocycles. The lowest BCUT2D eigenvalue weighted by Crippen LogP contribution is -2.52. The Balaban J connectivity index is 1.62. The van der Waals surface area contributed by atoms with E-state index in [4.69, 9.17) is 0 Å². The van der Waals surface area contributed by atoms with Crippen LogP contribution >= 0.6 is 11.8 Å². The zero-order chi connectivity index (χ0) is 16.9. The first kappa shape index (κ1) is 16.6. The summed E-state index contributed by atoms with van der Waals surface area (Å²) < 4.78 is 1.13. The fraction of sp³-hybridized carbons (Fsp3) is 0.333. The molecular weight excluding hydrogens is 322 g/mol. The molecule has 3 rings (SSSR count). The maximum absolute atomic E-state index is 12.6. The van der Waals surface area contributed by atoms with Crippen LogP contribution in [0.4, 0.5) is 5.82 Å². The summed E-state index contributed by atoms with van der Waals surface area (Å²) in [7, 11) is 0. The highest BCUT2D eigenvalue weighted by molar-refractivity contribution is 7.97. The zero-order valence-electron chi connectivity index (χ0n) is 13.8. The molecule has 2 aromatic rings. The van der Waals surface area contributed by atoms with Gasteiger partial charge in [0, 0.05) is 17.4 Å². The Kier molecular flexibility index (Phi) is 5.25. The van der Waals surface area contributed by atoms with Crippen LogP contribution in [0.1, 0.15) is 15.9 Å². The van der Waals surface area contributed by atoms with Crippen molar-refractivity contribution in [3.63, 3.8) is 0 Å². The first-order valence-corrected chi connectivity index (χ1v) is 9.40. The van der Waals surface area contributed by atoms with Gasteiger partial charge in [-0.2, -0.15) is 11.8 Å². The molecule has 1 fully saturated rings. The van der Waals surface area contributed by atoms with E-state index < -0.39 is 0 Å². The fourth-order valence-electron chi connectivity index (χ4n) is 2.91. The van der Waals surface area contributed by atoms with Crippen molar-refractivity contribution >= 4 is 23.5 Å². The lowest BCUT2D eigenvalue weighted by Gasteiger charge is -2.31. The van der Waals surface area contributed by atoms with Crippen molar-refractivity contribution in [2.24, 2.45) is 0 Å². The van der Waals surface area contributed by atoms with Crippen LogP contribution < -0.4 is 9.63 Å². The van der Waals surface area contributed by atoms with E-state index in [1.807, 2.05) is 41.3 Å². The molecular formula is C18H22N3O2S+. The number of piperazine rings is 1. The van der Waals surface area contributed by atoms with Gasteiger partial charge in [-0.15, -0.1) is 0 Å². The molecule has 1 aliphatic heterocycles. The van der Waals surface area contributed by atoms with Gasteiger partial charge in [0.15, 0.2) is 0 Å². The van der Waals surface area contributed by atoms with Gasteiger partial charge >= 0.3 is 5.82 Å². The molecule has 1 N–H and O–H groups in total. The van der Waals surface area contributed by atoms with Crippen LogP contribution in [0.5, 0.6) is 0 Å². The molecule has 0 spiro atoms. The Hall–Kier alpha value is -2.21. The third kappa shape index (κ3) is 3.64. The van der Waals surface area contributed by atoms with Gasteiger partial charge in [-0.3, -0.25) is 9.69 Å². The topological polar surface area (TPSA) is 47.7 Å². The van der Waals surface area contributed by atoms with Crippen molar-refractivity contribution in [1.82, 2.24) is 4.90 Å². The number of carbonyl (C=O) groups is 1. The van der Waals surface area contributed by atoms with Crippen molar-refractivity contribution in [2.45, 2.75) is 5.75 Å². The minimum Gasteiger partial charge on any atom is -0.350 e. The molecule has 1 amide bonds. The Morgan fingerprint density at radius 1 is 1.12 bits per heavy atom. The van der Waals surface area contributed by atoms with Gasteiger partial charge in [-0.05, 0) is 30.0 Å². The van der Waals surface area contributed by atoms with Gasteiger partial charge < -0.3 is 10.1 Å². The number of pyridine rings is 1. The number of carbonyl (C=O) groups excluding carboxylic acids is 1. The molecule has 0 unspecified atom stereocenters. The molecule has 0 bridgehead atoms. The predicted octanol–water partition coefficient (Wildman–Crippen LogP) is 2.04. The second-order valence-electron chi connectivity index (χ2n) is 5.81. The molecule has 5 nitrogen and oxygen atoms in total. The number of nitrogens with zero attached hydrogens (tertiary/aromatic N) is 3. The first-order chi connectivity index (χ1) is 11.7. The summed E-state index contributed by atoms with van der Waals surface area (Å²) in [6, 6.07) is 13.4. The Bertz CT molecular complexity index is 698. The highest BCUT2D eigenvalue weighted by atomic mass is 32.2. The van der Waals surface area contributed by atoms with Gasteiger partial charge in [0.25, 0.3) is 5.91 Å². The summed E-state index contributed by atoms with van der Waals surface area (Å²) in [4.78, 5) is 16.6. The molecule has 0 saturated carbocycles. The van der Waals surface area contributed by atoms with E-state index in [0.717, 1.165) is 21.9 Å². The van der Waals surface area contributed by atoms with E-state index in [9.17, 15) is 10.0 Å². The number of hydrogen-bond acceptors (Lipinski definition) is 4. The number of rotatable bonds is 4. The summed E-state index contributed by atoms with van der Waals surface area (Å²) >= 11 is 1.77. The minimum absolute atomic E-state index is 0.0790. The molecule has 2 heterocycles. The van der Waals surface area contributed by atoms with E-state index >= 15 is 0 Å². The third-order valence-corrected chi connectivity index (χ3v) is 4.84. The molecule has 24 heavy (non-hydrogen) atoms. The van der Waals surface area contributed by atoms with Crippen molar-refractivity contribution in [3.8, 4) is 0 Å². The molecule has 0 atom stereocenters. The largest absolute Gasteiger partial charge is 0.350 e. The third-order valence-electron chi connectivity index (χ3n) is 4.22. The summed E-state index contributed by atoms with van der Waals surface area (Å²) in [5.41, 5.74) is 1.98. The standard InChI is InChI=1S/C18H22N3O2S/c1-24-14-15-5-7-16(8-6-15)18(22)20-12-10-19(11-13-20)17-4-2-3-9-21(17)23/h2-9,23H,10-14H2,1H3/q+1. The van der Waals surface area contributed by atoms with Crippen LogP contribution in [0.25, 0.3) is 0 Å². The van der Waals surface area contributed by atoms with E-state index in [0.29, 0.717) is 26.2 Å². The SMILES string of the molecule is CSCc1ccc(C(=O)N2CCN(c3cccc[n+]3O)CC2)cc1. The van der Waals surface area contributed by atoms with Gasteiger partial charge in [-0.25, -0.2) is 0 Å². The van der Waals surface area contributed by atoms with E-state index in [1.54, 1.807) is 24.0 Å². The van der Waals surface area contributed by atoms with Crippen molar-refractivity contribution in [3.05, 3.63) is 59.8 Å². The predicted molar refractivity (Wildman–Crippen MR) is 95.6 cm³/mol. The molecule has 6 heteroatoms. The Morgan fingerprint density at radius 2 is 1.83 bits per heavy atom. The van der Waals surface area contributed by atoms with E-state index in [-0.39, 0.29) is 5.91 Å². The molecule has 1 aliphatic rings. The number of hydrogen-bond donors (Lipinski definition) is 1. The van der Waals surface area contributed by atoms with Gasteiger partial charge in [0.05, 0.1) is 13.1 Å². The summed E-state index contributed by atoms with van der Waals surface area (Å²) in [6.45, 7) is 2.72. The fourth-order valence-corrected chi connectivity index (χ4v) is 3.43. The van der Waals surface area contributed by atoms with Crippen LogP contribution in [0.3, 0.4) is 0 Å². The maximum atomic E-state index is 12.6. The highest BCUT2D eigenvalue weighted by Gasteiger charge is 2.28. The summed E-state index contributed by atoms with van der Waals surface area (Å²) in [5.74, 6) is 1.80. The maximum Gasteiger partial charge on any atom is 0.316 e. The van der Waals surface area contributed by atoms with E-state index in [1.165, 1.54) is 5.56 Å². The lowest BCUT2D eigenvalue weighted by molar-refractivity contribution is -0.894. The van der Waals surface area contributed by atoms with Crippen molar-refractivity contribution in [1.29, 1.82) is 0 Å². The molecule has 126 valence electrons. The second kappa shape index (κ2) is 7.57. The average Bonchev–Trinajstić information content (AvgIpc) is 2.63. The smallest absolute Gasteiger partial charge is 0.316 e. The number of thioether (sulfide) groups is 1. The van der Waals surface area contributed by atoms with Gasteiger partial charge in [0.2, 0.25) is 0 Å². The number of amides is 1. The minimum atomic E-state index is 0.0790. The first-order valence-electron chi connectivity index (χ1n) is 8.01. The van der Waals surface area contributed by atoms with Crippen molar-refractivity contribution in [2.75, 3.05) is 37.3 Å². The van der Waals surface area contributed by atoms with Crippen LogP contribution in [-0.2, 0) is 5.75 Å². The number of anilines is 1. The van der Waals surface area contributed by atoms with Crippen LogP contribution in [-0.4, -0.2) is 48.4 Å². The average molecular weight is 344 g/mol. The zero-order valence-corrected chi connectivity index (χ0v) is 14.6. The molecule has 1 aromatic carbocycles.